The molecule has 0 aliphatic carbocycles. The van der Waals surface area contributed by atoms with Crippen LogP contribution in [0, 0.1) is 6.92 Å². The number of aromatic carboxylic acids is 1. The summed E-state index contributed by atoms with van der Waals surface area (Å²) >= 11 is 0. The molecule has 0 aliphatic heterocycles. The SMILES string of the molecule is Cc1n[nH]nc1CNc1cnc(C(=O)O)cn1. The van der Waals surface area contributed by atoms with Gasteiger partial charge in [-0.3, -0.25) is 0 Å². The van der Waals surface area contributed by atoms with Crippen molar-refractivity contribution in [1.29, 1.82) is 0 Å². The Balaban J connectivity index is 2.00. The van der Waals surface area contributed by atoms with E-state index in [4.69, 9.17) is 5.11 Å². The molecule has 2 aromatic heterocycles. The molecule has 0 bridgehead atoms. The number of anilines is 1. The number of rotatable bonds is 4. The zero-order chi connectivity index (χ0) is 12.3. The van der Waals surface area contributed by atoms with Crippen LogP contribution in [0.1, 0.15) is 21.9 Å². The molecule has 88 valence electrons. The third-order valence-electron chi connectivity index (χ3n) is 2.13. The van der Waals surface area contributed by atoms with Crippen LogP contribution in [0.4, 0.5) is 5.82 Å². The summed E-state index contributed by atoms with van der Waals surface area (Å²) < 4.78 is 0. The molecule has 3 N–H and O–H groups in total. The lowest BCUT2D eigenvalue weighted by Gasteiger charge is -2.02. The van der Waals surface area contributed by atoms with Gasteiger partial charge in [0, 0.05) is 0 Å². The van der Waals surface area contributed by atoms with E-state index < -0.39 is 5.97 Å². The van der Waals surface area contributed by atoms with Crippen LogP contribution >= 0.6 is 0 Å². The Morgan fingerprint density at radius 3 is 2.76 bits per heavy atom. The van der Waals surface area contributed by atoms with Crippen molar-refractivity contribution >= 4 is 11.8 Å². The van der Waals surface area contributed by atoms with E-state index in [1.807, 2.05) is 6.92 Å². The summed E-state index contributed by atoms with van der Waals surface area (Å²) in [5.74, 6) is -0.617. The van der Waals surface area contributed by atoms with Gasteiger partial charge in [-0.1, -0.05) is 0 Å². The molecular formula is C9H10N6O2. The molecule has 0 amide bonds. The minimum absolute atomic E-state index is 0.0897. The zero-order valence-electron chi connectivity index (χ0n) is 9.01. The molecule has 8 heteroatoms. The summed E-state index contributed by atoms with van der Waals surface area (Å²) in [6, 6.07) is 0. The lowest BCUT2D eigenvalue weighted by atomic mass is 10.3. The number of hydrogen-bond acceptors (Lipinski definition) is 6. The van der Waals surface area contributed by atoms with Gasteiger partial charge < -0.3 is 10.4 Å². The first-order valence-corrected chi connectivity index (χ1v) is 4.82. The second-order valence-corrected chi connectivity index (χ2v) is 3.30. The van der Waals surface area contributed by atoms with Gasteiger partial charge >= 0.3 is 5.97 Å². The topological polar surface area (TPSA) is 117 Å². The van der Waals surface area contributed by atoms with Crippen LogP contribution in [0.2, 0.25) is 0 Å². The molecule has 0 saturated heterocycles. The molecule has 2 aromatic rings. The van der Waals surface area contributed by atoms with Crippen molar-refractivity contribution in [2.45, 2.75) is 13.5 Å². The van der Waals surface area contributed by atoms with E-state index in [1.165, 1.54) is 12.4 Å². The van der Waals surface area contributed by atoms with E-state index in [0.717, 1.165) is 11.4 Å². The largest absolute Gasteiger partial charge is 0.476 e. The zero-order valence-corrected chi connectivity index (χ0v) is 9.01. The number of nitrogens with zero attached hydrogens (tertiary/aromatic N) is 4. The Morgan fingerprint density at radius 2 is 2.24 bits per heavy atom. The van der Waals surface area contributed by atoms with Gasteiger partial charge in [0.1, 0.15) is 11.5 Å². The summed E-state index contributed by atoms with van der Waals surface area (Å²) in [4.78, 5) is 18.2. The molecule has 0 atom stereocenters. The Hall–Kier alpha value is -2.51. The molecule has 0 radical (unpaired) electrons. The summed E-state index contributed by atoms with van der Waals surface area (Å²) in [6.45, 7) is 2.28. The maximum Gasteiger partial charge on any atom is 0.356 e. The van der Waals surface area contributed by atoms with Gasteiger partial charge in [0.25, 0.3) is 0 Å². The van der Waals surface area contributed by atoms with Gasteiger partial charge in [0.15, 0.2) is 5.69 Å². The highest BCUT2D eigenvalue weighted by molar-refractivity contribution is 5.84. The lowest BCUT2D eigenvalue weighted by Crippen LogP contribution is -2.06. The van der Waals surface area contributed by atoms with Gasteiger partial charge in [0.05, 0.1) is 24.6 Å². The quantitative estimate of drug-likeness (QED) is 0.692. The Morgan fingerprint density at radius 1 is 1.41 bits per heavy atom. The average molecular weight is 234 g/mol. The highest BCUT2D eigenvalue weighted by Gasteiger charge is 2.06. The van der Waals surface area contributed by atoms with Crippen LogP contribution < -0.4 is 5.32 Å². The number of carboxylic acids is 1. The van der Waals surface area contributed by atoms with E-state index in [2.05, 4.69) is 30.7 Å². The molecule has 0 spiro atoms. The van der Waals surface area contributed by atoms with E-state index in [-0.39, 0.29) is 5.69 Å². The predicted octanol–water partition coefficient (Wildman–Crippen LogP) is 0.213. The number of nitrogens with one attached hydrogen (secondary N) is 2. The summed E-state index contributed by atoms with van der Waals surface area (Å²) in [5, 5.41) is 21.9. The van der Waals surface area contributed by atoms with Gasteiger partial charge in [-0.15, -0.1) is 0 Å². The minimum Gasteiger partial charge on any atom is -0.476 e. The number of carbonyl (C=O) groups is 1. The van der Waals surface area contributed by atoms with Gasteiger partial charge in [-0.25, -0.2) is 14.8 Å². The molecule has 2 rings (SSSR count). The smallest absolute Gasteiger partial charge is 0.356 e. The van der Waals surface area contributed by atoms with Crippen LogP contribution in [0.15, 0.2) is 12.4 Å². The van der Waals surface area contributed by atoms with Gasteiger partial charge in [-0.2, -0.15) is 15.4 Å². The van der Waals surface area contributed by atoms with Crippen molar-refractivity contribution in [2.24, 2.45) is 0 Å². The number of H-pyrrole nitrogens is 1. The molecule has 0 saturated carbocycles. The Bertz CT molecular complexity index is 521. The van der Waals surface area contributed by atoms with Crippen LogP contribution in [-0.2, 0) is 6.54 Å². The number of aryl methyl sites for hydroxylation is 1. The number of aromatic amines is 1. The fourth-order valence-electron chi connectivity index (χ4n) is 1.18. The third kappa shape index (κ3) is 2.54. The second kappa shape index (κ2) is 4.56. The maximum absolute atomic E-state index is 10.6. The minimum atomic E-state index is -1.10. The van der Waals surface area contributed by atoms with E-state index >= 15 is 0 Å². The highest BCUT2D eigenvalue weighted by Crippen LogP contribution is 2.05. The monoisotopic (exact) mass is 234 g/mol. The van der Waals surface area contributed by atoms with Crippen LogP contribution in [0.25, 0.3) is 0 Å². The first-order chi connectivity index (χ1) is 8.16. The molecular weight excluding hydrogens is 224 g/mol. The first kappa shape index (κ1) is 11.0. The van der Waals surface area contributed by atoms with E-state index in [0.29, 0.717) is 12.4 Å². The lowest BCUT2D eigenvalue weighted by molar-refractivity contribution is 0.0690. The van der Waals surface area contributed by atoms with Crippen molar-refractivity contribution in [3.05, 3.63) is 29.5 Å². The van der Waals surface area contributed by atoms with Gasteiger partial charge in [0.2, 0.25) is 0 Å². The molecule has 8 nitrogen and oxygen atoms in total. The van der Waals surface area contributed by atoms with E-state index in [9.17, 15) is 4.79 Å². The third-order valence-corrected chi connectivity index (χ3v) is 2.13. The van der Waals surface area contributed by atoms with Crippen LogP contribution in [-0.4, -0.2) is 36.5 Å². The standard InChI is InChI=1S/C9H10N6O2/c1-5-6(14-15-13-5)2-11-8-4-10-7(3-12-8)9(16)17/h3-4H,2H2,1H3,(H,11,12)(H,16,17)(H,13,14,15). The summed E-state index contributed by atoms with van der Waals surface area (Å²) in [5.41, 5.74) is 1.48. The summed E-state index contributed by atoms with van der Waals surface area (Å²) in [6.07, 6.45) is 2.55. The van der Waals surface area contributed by atoms with Crippen LogP contribution in [0.3, 0.4) is 0 Å². The summed E-state index contributed by atoms with van der Waals surface area (Å²) in [7, 11) is 0. The average Bonchev–Trinajstić information content (AvgIpc) is 2.73. The number of carboxylic acid groups (broad SMARTS) is 1. The normalized spacial score (nSPS) is 10.2. The number of aromatic nitrogens is 5. The van der Waals surface area contributed by atoms with Crippen molar-refractivity contribution in [1.82, 2.24) is 25.4 Å². The molecule has 0 unspecified atom stereocenters. The van der Waals surface area contributed by atoms with Gasteiger partial charge in [-0.05, 0) is 6.92 Å². The molecule has 0 aliphatic rings. The van der Waals surface area contributed by atoms with Crippen LogP contribution in [0.5, 0.6) is 0 Å². The van der Waals surface area contributed by atoms with Crippen molar-refractivity contribution < 1.29 is 9.90 Å². The number of hydrogen-bond donors (Lipinski definition) is 3. The first-order valence-electron chi connectivity index (χ1n) is 4.82. The maximum atomic E-state index is 10.6. The Kier molecular flexibility index (Phi) is 2.95. The molecule has 17 heavy (non-hydrogen) atoms. The predicted molar refractivity (Wildman–Crippen MR) is 57.4 cm³/mol. The van der Waals surface area contributed by atoms with Crippen molar-refractivity contribution in [3.63, 3.8) is 0 Å². The molecule has 0 aromatic carbocycles. The van der Waals surface area contributed by atoms with Crippen molar-refractivity contribution in [2.75, 3.05) is 5.32 Å². The van der Waals surface area contributed by atoms with Crippen molar-refractivity contribution in [3.8, 4) is 0 Å². The van der Waals surface area contributed by atoms with E-state index in [1.54, 1.807) is 0 Å². The highest BCUT2D eigenvalue weighted by atomic mass is 16.4. The fraction of sp³-hybridized carbons (Fsp3) is 0.222. The second-order valence-electron chi connectivity index (χ2n) is 3.30. The molecule has 0 fully saturated rings. The Labute approximate surface area is 96.1 Å². The fourth-order valence-corrected chi connectivity index (χ4v) is 1.18. The molecule has 2 heterocycles.